The number of hydrogen-bond donors (Lipinski definition) is 1. The molecule has 0 unspecified atom stereocenters. The second kappa shape index (κ2) is 8.16. The quantitative estimate of drug-likeness (QED) is 0.538. The molecular formula is C23H18FN3O3. The molecule has 0 aliphatic heterocycles. The molecular weight excluding hydrogens is 385 g/mol. The highest BCUT2D eigenvalue weighted by Gasteiger charge is 2.18. The van der Waals surface area contributed by atoms with Crippen LogP contribution >= 0.6 is 0 Å². The molecule has 4 aromatic rings. The summed E-state index contributed by atoms with van der Waals surface area (Å²) in [6.07, 6.45) is 0. The standard InChI is InChI=1S/C23H18FN3O3/c1-27(14-21(28)25-18-10-8-17(24)9-11-18)23(29)16-7-12-20-19(13-16)22(30-26-20)15-5-3-2-4-6-15/h2-13H,14H2,1H3,(H,25,28). The predicted octanol–water partition coefficient (Wildman–Crippen LogP) is 4.34. The Bertz CT molecular complexity index is 1200. The largest absolute Gasteiger partial charge is 0.355 e. The molecule has 6 nitrogen and oxygen atoms in total. The third-order valence-electron chi connectivity index (χ3n) is 4.61. The Labute approximate surface area is 171 Å². The van der Waals surface area contributed by atoms with E-state index in [-0.39, 0.29) is 24.2 Å². The van der Waals surface area contributed by atoms with Crippen LogP contribution in [0.2, 0.25) is 0 Å². The number of nitrogens with one attached hydrogen (secondary N) is 1. The van der Waals surface area contributed by atoms with Gasteiger partial charge in [-0.15, -0.1) is 0 Å². The first-order valence-corrected chi connectivity index (χ1v) is 9.27. The molecule has 1 aromatic heterocycles. The van der Waals surface area contributed by atoms with E-state index in [0.717, 1.165) is 10.9 Å². The third-order valence-corrected chi connectivity index (χ3v) is 4.61. The van der Waals surface area contributed by atoms with Gasteiger partial charge in [0.05, 0.1) is 11.9 Å². The van der Waals surface area contributed by atoms with Crippen LogP contribution in [0.4, 0.5) is 10.1 Å². The van der Waals surface area contributed by atoms with Crippen LogP contribution in [0.5, 0.6) is 0 Å². The summed E-state index contributed by atoms with van der Waals surface area (Å²) in [5.41, 5.74) is 2.37. The molecule has 150 valence electrons. The number of rotatable bonds is 5. The van der Waals surface area contributed by atoms with Crippen molar-refractivity contribution in [2.24, 2.45) is 0 Å². The maximum Gasteiger partial charge on any atom is 0.254 e. The molecule has 0 saturated heterocycles. The summed E-state index contributed by atoms with van der Waals surface area (Å²) >= 11 is 0. The Kier molecular flexibility index (Phi) is 5.26. The van der Waals surface area contributed by atoms with Gasteiger partial charge in [0.15, 0.2) is 5.76 Å². The lowest BCUT2D eigenvalue weighted by Gasteiger charge is -2.17. The van der Waals surface area contributed by atoms with Crippen LogP contribution in [0.1, 0.15) is 10.4 Å². The fourth-order valence-corrected chi connectivity index (χ4v) is 3.11. The molecule has 1 N–H and O–H groups in total. The smallest absolute Gasteiger partial charge is 0.254 e. The summed E-state index contributed by atoms with van der Waals surface area (Å²) in [5, 5.41) is 7.41. The molecule has 0 bridgehead atoms. The Morgan fingerprint density at radius 2 is 1.77 bits per heavy atom. The van der Waals surface area contributed by atoms with Crippen molar-refractivity contribution >= 4 is 28.4 Å². The lowest BCUT2D eigenvalue weighted by atomic mass is 10.1. The second-order valence-corrected chi connectivity index (χ2v) is 6.83. The number of carbonyl (C=O) groups excluding carboxylic acids is 2. The van der Waals surface area contributed by atoms with Gasteiger partial charge < -0.3 is 14.7 Å². The van der Waals surface area contributed by atoms with Gasteiger partial charge in [-0.3, -0.25) is 9.59 Å². The molecule has 0 aliphatic carbocycles. The molecule has 4 rings (SSSR count). The molecule has 0 saturated carbocycles. The van der Waals surface area contributed by atoms with E-state index in [4.69, 9.17) is 4.52 Å². The Morgan fingerprint density at radius 1 is 1.03 bits per heavy atom. The fourth-order valence-electron chi connectivity index (χ4n) is 3.11. The first-order valence-electron chi connectivity index (χ1n) is 9.27. The molecule has 0 aliphatic rings. The minimum absolute atomic E-state index is 0.149. The maximum absolute atomic E-state index is 13.0. The lowest BCUT2D eigenvalue weighted by Crippen LogP contribution is -2.34. The highest BCUT2D eigenvalue weighted by molar-refractivity contribution is 6.03. The number of benzene rings is 3. The van der Waals surface area contributed by atoms with Crippen LogP contribution in [0, 0.1) is 5.82 Å². The van der Waals surface area contributed by atoms with Crippen molar-refractivity contribution in [1.82, 2.24) is 10.1 Å². The SMILES string of the molecule is CN(CC(=O)Nc1ccc(F)cc1)C(=O)c1ccc2noc(-c3ccccc3)c2c1. The van der Waals surface area contributed by atoms with E-state index >= 15 is 0 Å². The highest BCUT2D eigenvalue weighted by Crippen LogP contribution is 2.29. The van der Waals surface area contributed by atoms with E-state index in [1.54, 1.807) is 25.2 Å². The summed E-state index contributed by atoms with van der Waals surface area (Å²) in [4.78, 5) is 26.4. The van der Waals surface area contributed by atoms with E-state index < -0.39 is 0 Å². The van der Waals surface area contributed by atoms with Crippen molar-refractivity contribution < 1.29 is 18.5 Å². The number of carbonyl (C=O) groups is 2. The monoisotopic (exact) mass is 403 g/mol. The predicted molar refractivity (Wildman–Crippen MR) is 111 cm³/mol. The van der Waals surface area contributed by atoms with Crippen molar-refractivity contribution in [2.45, 2.75) is 0 Å². The topological polar surface area (TPSA) is 75.4 Å². The average molecular weight is 403 g/mol. The number of hydrogen-bond acceptors (Lipinski definition) is 4. The van der Waals surface area contributed by atoms with Crippen molar-refractivity contribution in [2.75, 3.05) is 18.9 Å². The van der Waals surface area contributed by atoms with Gasteiger partial charge in [0.25, 0.3) is 5.91 Å². The molecule has 0 fully saturated rings. The molecule has 0 radical (unpaired) electrons. The van der Waals surface area contributed by atoms with Crippen LogP contribution < -0.4 is 5.32 Å². The van der Waals surface area contributed by atoms with Crippen LogP contribution in [0.15, 0.2) is 77.3 Å². The molecule has 30 heavy (non-hydrogen) atoms. The van der Waals surface area contributed by atoms with Crippen molar-refractivity contribution in [3.63, 3.8) is 0 Å². The van der Waals surface area contributed by atoms with E-state index in [0.29, 0.717) is 22.5 Å². The van der Waals surface area contributed by atoms with Crippen molar-refractivity contribution in [3.05, 3.63) is 84.2 Å². The minimum Gasteiger partial charge on any atom is -0.355 e. The average Bonchev–Trinajstić information content (AvgIpc) is 3.18. The molecule has 2 amide bonds. The zero-order chi connectivity index (χ0) is 21.1. The van der Waals surface area contributed by atoms with Gasteiger partial charge in [0.2, 0.25) is 5.91 Å². The maximum atomic E-state index is 13.0. The van der Waals surface area contributed by atoms with Crippen LogP contribution in [-0.2, 0) is 4.79 Å². The van der Waals surface area contributed by atoms with E-state index in [2.05, 4.69) is 10.5 Å². The number of fused-ring (bicyclic) bond motifs is 1. The third kappa shape index (κ3) is 4.05. The first-order chi connectivity index (χ1) is 14.5. The number of aromatic nitrogens is 1. The summed E-state index contributed by atoms with van der Waals surface area (Å²) in [5.74, 6) is -0.504. The van der Waals surface area contributed by atoms with Gasteiger partial charge in [0, 0.05) is 23.9 Å². The van der Waals surface area contributed by atoms with E-state index in [1.807, 2.05) is 30.3 Å². The van der Waals surface area contributed by atoms with Crippen LogP contribution in [0.25, 0.3) is 22.2 Å². The van der Waals surface area contributed by atoms with Gasteiger partial charge >= 0.3 is 0 Å². The normalized spacial score (nSPS) is 10.7. The van der Waals surface area contributed by atoms with Gasteiger partial charge in [-0.2, -0.15) is 0 Å². The Morgan fingerprint density at radius 3 is 2.50 bits per heavy atom. The molecule has 0 atom stereocenters. The highest BCUT2D eigenvalue weighted by atomic mass is 19.1. The van der Waals surface area contributed by atoms with Gasteiger partial charge in [-0.1, -0.05) is 35.5 Å². The zero-order valence-electron chi connectivity index (χ0n) is 16.1. The van der Waals surface area contributed by atoms with E-state index in [9.17, 15) is 14.0 Å². The van der Waals surface area contributed by atoms with E-state index in [1.165, 1.54) is 29.2 Å². The fraction of sp³-hybridized carbons (Fsp3) is 0.0870. The van der Waals surface area contributed by atoms with Gasteiger partial charge in [-0.25, -0.2) is 4.39 Å². The van der Waals surface area contributed by atoms with Crippen molar-refractivity contribution in [1.29, 1.82) is 0 Å². The number of nitrogens with zero attached hydrogens (tertiary/aromatic N) is 2. The van der Waals surface area contributed by atoms with Crippen molar-refractivity contribution in [3.8, 4) is 11.3 Å². The number of likely N-dealkylation sites (N-methyl/N-ethyl adjacent to an activating group) is 1. The molecule has 3 aromatic carbocycles. The number of halogens is 1. The van der Waals surface area contributed by atoms with Crippen LogP contribution in [0.3, 0.4) is 0 Å². The molecule has 7 heteroatoms. The second-order valence-electron chi connectivity index (χ2n) is 6.83. The Hall–Kier alpha value is -4.00. The summed E-state index contributed by atoms with van der Waals surface area (Å²) in [6.45, 7) is -0.149. The lowest BCUT2D eigenvalue weighted by molar-refractivity contribution is -0.116. The van der Waals surface area contributed by atoms with Gasteiger partial charge in [-0.05, 0) is 42.5 Å². The summed E-state index contributed by atoms with van der Waals surface area (Å²) in [6, 6.07) is 20.0. The first kappa shape index (κ1) is 19.3. The zero-order valence-corrected chi connectivity index (χ0v) is 16.1. The summed E-state index contributed by atoms with van der Waals surface area (Å²) in [7, 11) is 1.54. The molecule has 1 heterocycles. The minimum atomic E-state index is -0.390. The Balaban J connectivity index is 1.50. The number of amides is 2. The molecule has 0 spiro atoms. The summed E-state index contributed by atoms with van der Waals surface area (Å²) < 4.78 is 18.4. The van der Waals surface area contributed by atoms with Crippen LogP contribution in [-0.4, -0.2) is 35.5 Å². The number of anilines is 1. The van der Waals surface area contributed by atoms with Gasteiger partial charge in [0.1, 0.15) is 11.3 Å².